The second-order valence-electron chi connectivity index (χ2n) is 7.10. The number of anilines is 1. The monoisotopic (exact) mass is 380 g/mol. The van der Waals surface area contributed by atoms with Gasteiger partial charge in [0.05, 0.1) is 11.3 Å². The van der Waals surface area contributed by atoms with Crippen LogP contribution < -0.4 is 4.90 Å². The van der Waals surface area contributed by atoms with E-state index in [-0.39, 0.29) is 5.91 Å². The van der Waals surface area contributed by atoms with Gasteiger partial charge in [0.2, 0.25) is 0 Å². The van der Waals surface area contributed by atoms with Crippen LogP contribution in [0, 0.1) is 0 Å². The summed E-state index contributed by atoms with van der Waals surface area (Å²) in [5.74, 6) is -0.0295. The summed E-state index contributed by atoms with van der Waals surface area (Å²) in [7, 11) is 0. The van der Waals surface area contributed by atoms with Crippen LogP contribution in [0.3, 0.4) is 0 Å². The van der Waals surface area contributed by atoms with E-state index in [2.05, 4.69) is 11.1 Å². The third kappa shape index (κ3) is 3.21. The van der Waals surface area contributed by atoms with Gasteiger partial charge < -0.3 is 4.90 Å². The Kier molecular flexibility index (Phi) is 4.41. The lowest BCUT2D eigenvalue weighted by molar-refractivity contribution is 0.0985. The predicted molar refractivity (Wildman–Crippen MR) is 113 cm³/mol. The number of amides is 1. The molecule has 0 aliphatic carbocycles. The van der Waals surface area contributed by atoms with Crippen molar-refractivity contribution in [3.05, 3.63) is 96.4 Å². The van der Waals surface area contributed by atoms with Gasteiger partial charge in [-0.25, -0.2) is 4.68 Å². The van der Waals surface area contributed by atoms with Gasteiger partial charge >= 0.3 is 0 Å². The average molecular weight is 380 g/mol. The van der Waals surface area contributed by atoms with Crippen LogP contribution in [0.1, 0.15) is 22.3 Å². The Bertz CT molecular complexity index is 1150. The van der Waals surface area contributed by atoms with Crippen LogP contribution in [0.15, 0.2) is 85.3 Å². The maximum absolute atomic E-state index is 13.7. The number of carbonyl (C=O) groups is 1. The summed E-state index contributed by atoms with van der Waals surface area (Å²) in [4.78, 5) is 19.8. The van der Waals surface area contributed by atoms with Gasteiger partial charge in [-0.2, -0.15) is 5.10 Å². The zero-order valence-corrected chi connectivity index (χ0v) is 15.9. The number of hydrogen-bond acceptors (Lipinski definition) is 3. The summed E-state index contributed by atoms with van der Waals surface area (Å²) in [5.41, 5.74) is 5.18. The van der Waals surface area contributed by atoms with Gasteiger partial charge in [-0.1, -0.05) is 36.4 Å². The van der Waals surface area contributed by atoms with E-state index < -0.39 is 0 Å². The second-order valence-corrected chi connectivity index (χ2v) is 7.10. The Morgan fingerprint density at radius 1 is 0.931 bits per heavy atom. The molecule has 0 spiro atoms. The molecule has 0 unspecified atom stereocenters. The van der Waals surface area contributed by atoms with Gasteiger partial charge in [-0.15, -0.1) is 0 Å². The molecule has 0 atom stereocenters. The molecule has 0 saturated carbocycles. The first kappa shape index (κ1) is 17.4. The highest BCUT2D eigenvalue weighted by molar-refractivity contribution is 6.10. The quantitative estimate of drug-likeness (QED) is 0.525. The summed E-state index contributed by atoms with van der Waals surface area (Å²) >= 11 is 0. The van der Waals surface area contributed by atoms with Crippen LogP contribution in [0.2, 0.25) is 0 Å². The van der Waals surface area contributed by atoms with E-state index >= 15 is 0 Å². The van der Waals surface area contributed by atoms with Gasteiger partial charge in [0.1, 0.15) is 5.69 Å². The summed E-state index contributed by atoms with van der Waals surface area (Å²) in [6, 6.07) is 21.8. The Morgan fingerprint density at radius 2 is 1.76 bits per heavy atom. The number of carbonyl (C=O) groups excluding carboxylic acids is 1. The van der Waals surface area contributed by atoms with E-state index in [9.17, 15) is 4.79 Å². The molecule has 2 aromatic heterocycles. The van der Waals surface area contributed by atoms with Crippen LogP contribution in [0.25, 0.3) is 16.9 Å². The number of fused-ring (bicyclic) bond motifs is 1. The molecule has 1 aliphatic heterocycles. The van der Waals surface area contributed by atoms with Crippen molar-refractivity contribution in [3.63, 3.8) is 0 Å². The van der Waals surface area contributed by atoms with Crippen molar-refractivity contribution in [2.45, 2.75) is 12.8 Å². The van der Waals surface area contributed by atoms with Crippen molar-refractivity contribution >= 4 is 11.6 Å². The lowest BCUT2D eigenvalue weighted by Gasteiger charge is -2.29. The number of hydrogen-bond donors (Lipinski definition) is 0. The lowest BCUT2D eigenvalue weighted by Crippen LogP contribution is -2.35. The minimum absolute atomic E-state index is 0.0295. The maximum Gasteiger partial charge on any atom is 0.262 e. The van der Waals surface area contributed by atoms with Gasteiger partial charge in [-0.05, 0) is 48.7 Å². The molecular formula is C24H20N4O. The molecule has 142 valence electrons. The standard InChI is InChI=1S/C24H20N4O/c29-24(27-15-7-10-18-8-4-5-13-22(18)27)21-17-28(20-11-2-1-3-12-20)26-23(21)19-9-6-14-25-16-19/h1-6,8-9,11-14,16-17H,7,10,15H2. The fourth-order valence-electron chi connectivity index (χ4n) is 3.85. The molecule has 0 saturated heterocycles. The Hall–Kier alpha value is -3.73. The van der Waals surface area contributed by atoms with Gasteiger partial charge in [0.15, 0.2) is 0 Å². The lowest BCUT2D eigenvalue weighted by atomic mass is 10.0. The molecule has 29 heavy (non-hydrogen) atoms. The smallest absolute Gasteiger partial charge is 0.262 e. The molecule has 4 aromatic rings. The molecule has 0 fully saturated rings. The van der Waals surface area contributed by atoms with Crippen LogP contribution in [-0.4, -0.2) is 27.2 Å². The van der Waals surface area contributed by atoms with Crippen LogP contribution in [-0.2, 0) is 6.42 Å². The van der Waals surface area contributed by atoms with Crippen molar-refractivity contribution in [3.8, 4) is 16.9 Å². The largest absolute Gasteiger partial charge is 0.308 e. The molecule has 0 radical (unpaired) electrons. The number of rotatable bonds is 3. The highest BCUT2D eigenvalue weighted by Crippen LogP contribution is 2.31. The average Bonchev–Trinajstić information content (AvgIpc) is 3.25. The van der Waals surface area contributed by atoms with Crippen LogP contribution in [0.5, 0.6) is 0 Å². The van der Waals surface area contributed by atoms with E-state index in [1.807, 2.05) is 71.8 Å². The fourth-order valence-corrected chi connectivity index (χ4v) is 3.85. The molecule has 1 aliphatic rings. The first-order valence-electron chi connectivity index (χ1n) is 9.76. The molecule has 5 heteroatoms. The third-order valence-electron chi connectivity index (χ3n) is 5.26. The predicted octanol–water partition coefficient (Wildman–Crippen LogP) is 4.53. The van der Waals surface area contributed by atoms with Gasteiger partial charge in [0, 0.05) is 36.4 Å². The van der Waals surface area contributed by atoms with E-state index in [0.29, 0.717) is 17.8 Å². The SMILES string of the molecule is O=C(c1cn(-c2ccccc2)nc1-c1cccnc1)N1CCCc2ccccc21. The first-order valence-corrected chi connectivity index (χ1v) is 9.76. The molecule has 0 N–H and O–H groups in total. The molecule has 1 amide bonds. The Balaban J connectivity index is 1.63. The van der Waals surface area contributed by atoms with E-state index in [4.69, 9.17) is 5.10 Å². The molecule has 2 aromatic carbocycles. The summed E-state index contributed by atoms with van der Waals surface area (Å²) in [5, 5.41) is 4.75. The number of pyridine rings is 1. The first-order chi connectivity index (χ1) is 14.3. The highest BCUT2D eigenvalue weighted by atomic mass is 16.2. The second kappa shape index (κ2) is 7.36. The van der Waals surface area contributed by atoms with Crippen LogP contribution in [0.4, 0.5) is 5.69 Å². The summed E-state index contributed by atoms with van der Waals surface area (Å²) in [6.07, 6.45) is 7.26. The molecule has 0 bridgehead atoms. The Morgan fingerprint density at radius 3 is 2.59 bits per heavy atom. The minimum atomic E-state index is -0.0295. The topological polar surface area (TPSA) is 51.0 Å². The minimum Gasteiger partial charge on any atom is -0.308 e. The van der Waals surface area contributed by atoms with Crippen molar-refractivity contribution in [2.75, 3.05) is 11.4 Å². The number of nitrogens with zero attached hydrogens (tertiary/aromatic N) is 4. The van der Waals surface area contributed by atoms with Gasteiger partial charge in [0.25, 0.3) is 5.91 Å². The zero-order chi connectivity index (χ0) is 19.6. The highest BCUT2D eigenvalue weighted by Gasteiger charge is 2.27. The number of aryl methyl sites for hydroxylation is 1. The normalized spacial score (nSPS) is 13.2. The third-order valence-corrected chi connectivity index (χ3v) is 5.26. The van der Waals surface area contributed by atoms with E-state index in [1.165, 1.54) is 5.56 Å². The number of para-hydroxylation sites is 2. The van der Waals surface area contributed by atoms with Crippen molar-refractivity contribution < 1.29 is 4.79 Å². The molecular weight excluding hydrogens is 360 g/mol. The summed E-state index contributed by atoms with van der Waals surface area (Å²) < 4.78 is 1.77. The number of aromatic nitrogens is 3. The molecule has 5 nitrogen and oxygen atoms in total. The summed E-state index contributed by atoms with van der Waals surface area (Å²) in [6.45, 7) is 0.707. The van der Waals surface area contributed by atoms with Crippen molar-refractivity contribution in [1.29, 1.82) is 0 Å². The van der Waals surface area contributed by atoms with Crippen molar-refractivity contribution in [2.24, 2.45) is 0 Å². The number of benzene rings is 2. The van der Waals surface area contributed by atoms with Crippen LogP contribution >= 0.6 is 0 Å². The maximum atomic E-state index is 13.7. The van der Waals surface area contributed by atoms with Crippen molar-refractivity contribution in [1.82, 2.24) is 14.8 Å². The molecule has 5 rings (SSSR count). The Labute approximate surface area is 169 Å². The van der Waals surface area contributed by atoms with E-state index in [1.54, 1.807) is 17.1 Å². The van der Waals surface area contributed by atoms with E-state index in [0.717, 1.165) is 29.8 Å². The van der Waals surface area contributed by atoms with Gasteiger partial charge in [-0.3, -0.25) is 9.78 Å². The molecule has 3 heterocycles. The fraction of sp³-hybridized carbons (Fsp3) is 0.125. The zero-order valence-electron chi connectivity index (χ0n) is 15.9.